The summed E-state index contributed by atoms with van der Waals surface area (Å²) in [5.41, 5.74) is -0.673. The van der Waals surface area contributed by atoms with Gasteiger partial charge in [0.15, 0.2) is 5.75 Å². The number of rotatable bonds is 8. The van der Waals surface area contributed by atoms with Crippen molar-refractivity contribution in [3.63, 3.8) is 0 Å². The van der Waals surface area contributed by atoms with Gasteiger partial charge in [-0.15, -0.1) is 13.2 Å². The molecule has 0 aliphatic carbocycles. The molecular formula is C32H20Cl2F8O2. The van der Waals surface area contributed by atoms with Crippen LogP contribution in [-0.2, 0) is 12.5 Å². The first-order valence-electron chi connectivity index (χ1n) is 12.9. The summed E-state index contributed by atoms with van der Waals surface area (Å²) in [5, 5.41) is -1.20. The van der Waals surface area contributed by atoms with E-state index in [4.69, 9.17) is 23.2 Å². The number of benzene rings is 4. The van der Waals surface area contributed by atoms with E-state index in [2.05, 4.69) is 28.2 Å². The summed E-state index contributed by atoms with van der Waals surface area (Å²) in [4.78, 5) is 0. The minimum Gasteiger partial charge on any atom is -0.429 e. The van der Waals surface area contributed by atoms with E-state index in [1.807, 2.05) is 12.1 Å². The lowest BCUT2D eigenvalue weighted by atomic mass is 10.0. The highest BCUT2D eigenvalue weighted by molar-refractivity contribution is 6.37. The molecular weight excluding hydrogens is 639 g/mol. The number of alkyl halides is 5. The lowest BCUT2D eigenvalue weighted by Crippen LogP contribution is -2.25. The van der Waals surface area contributed by atoms with Gasteiger partial charge in [-0.25, -0.2) is 13.2 Å². The van der Waals surface area contributed by atoms with E-state index in [1.165, 1.54) is 0 Å². The van der Waals surface area contributed by atoms with Crippen LogP contribution in [-0.4, -0.2) is 6.36 Å². The van der Waals surface area contributed by atoms with Gasteiger partial charge >= 0.3 is 12.5 Å². The maximum Gasteiger partial charge on any atom is 0.573 e. The predicted octanol–water partition coefficient (Wildman–Crippen LogP) is 10.8. The lowest BCUT2D eigenvalue weighted by molar-refractivity contribution is -0.274. The van der Waals surface area contributed by atoms with Crippen molar-refractivity contribution in [2.45, 2.75) is 38.7 Å². The van der Waals surface area contributed by atoms with Crippen LogP contribution in [0.25, 0.3) is 11.1 Å². The smallest absolute Gasteiger partial charge is 0.429 e. The van der Waals surface area contributed by atoms with E-state index in [-0.39, 0.29) is 16.7 Å². The summed E-state index contributed by atoms with van der Waals surface area (Å²) >= 11 is 11.6. The van der Waals surface area contributed by atoms with Gasteiger partial charge < -0.3 is 9.47 Å². The molecule has 0 atom stereocenters. The molecule has 0 radical (unpaired) electrons. The van der Waals surface area contributed by atoms with E-state index >= 15 is 0 Å². The van der Waals surface area contributed by atoms with E-state index < -0.39 is 57.0 Å². The molecule has 0 bridgehead atoms. The van der Waals surface area contributed by atoms with Gasteiger partial charge in [0.2, 0.25) is 0 Å². The first-order valence-corrected chi connectivity index (χ1v) is 13.6. The zero-order valence-electron chi connectivity index (χ0n) is 22.6. The van der Waals surface area contributed by atoms with Crippen molar-refractivity contribution in [2.24, 2.45) is 0 Å². The summed E-state index contributed by atoms with van der Waals surface area (Å²) in [7, 11) is 0. The maximum atomic E-state index is 14.9. The second kappa shape index (κ2) is 13.4. The maximum absolute atomic E-state index is 14.9. The molecule has 0 saturated heterocycles. The Bertz CT molecular complexity index is 1680. The third kappa shape index (κ3) is 8.16. The summed E-state index contributed by atoms with van der Waals surface area (Å²) in [6.07, 6.45) is -6.71. The molecule has 4 rings (SSSR count). The third-order valence-corrected chi connectivity index (χ3v) is 6.73. The largest absolute Gasteiger partial charge is 0.573 e. The van der Waals surface area contributed by atoms with Gasteiger partial charge in [-0.2, -0.15) is 8.78 Å². The van der Waals surface area contributed by atoms with E-state index in [9.17, 15) is 35.1 Å². The monoisotopic (exact) mass is 658 g/mol. The fraction of sp³-hybridized carbons (Fsp3) is 0.188. The molecule has 4 aromatic rings. The van der Waals surface area contributed by atoms with Crippen molar-refractivity contribution in [2.75, 3.05) is 0 Å². The van der Waals surface area contributed by atoms with Gasteiger partial charge in [0.25, 0.3) is 0 Å². The number of hydrogen-bond acceptors (Lipinski definition) is 2. The number of ether oxygens (including phenoxy) is 2. The van der Waals surface area contributed by atoms with Gasteiger partial charge in [0, 0.05) is 22.8 Å². The average molecular weight is 659 g/mol. The minimum atomic E-state index is -5.10. The van der Waals surface area contributed by atoms with Crippen molar-refractivity contribution >= 4 is 23.2 Å². The Morgan fingerprint density at radius 1 is 0.705 bits per heavy atom. The van der Waals surface area contributed by atoms with Gasteiger partial charge in [0.1, 0.15) is 28.8 Å². The van der Waals surface area contributed by atoms with Crippen LogP contribution in [0.5, 0.6) is 11.5 Å². The number of hydrogen-bond donors (Lipinski definition) is 0. The molecule has 0 heterocycles. The fourth-order valence-electron chi connectivity index (χ4n) is 4.12. The van der Waals surface area contributed by atoms with Gasteiger partial charge in [-0.3, -0.25) is 0 Å². The van der Waals surface area contributed by atoms with Crippen LogP contribution in [0.1, 0.15) is 42.0 Å². The van der Waals surface area contributed by atoms with Gasteiger partial charge in [-0.05, 0) is 72.5 Å². The first kappa shape index (κ1) is 33.0. The third-order valence-electron chi connectivity index (χ3n) is 6.17. The highest BCUT2D eigenvalue weighted by Crippen LogP contribution is 2.42. The number of aryl methyl sites for hydroxylation is 1. The summed E-state index contributed by atoms with van der Waals surface area (Å²) in [6.45, 7) is 2.07. The Hall–Kier alpha value is -3.94. The zero-order valence-corrected chi connectivity index (χ0v) is 24.1. The molecule has 0 fully saturated rings. The molecule has 2 nitrogen and oxygen atoms in total. The quantitative estimate of drug-likeness (QED) is 0.138. The van der Waals surface area contributed by atoms with Gasteiger partial charge in [-0.1, -0.05) is 60.5 Å². The van der Waals surface area contributed by atoms with Crippen LogP contribution < -0.4 is 9.47 Å². The predicted molar refractivity (Wildman–Crippen MR) is 150 cm³/mol. The van der Waals surface area contributed by atoms with Crippen molar-refractivity contribution in [3.8, 4) is 34.5 Å². The van der Waals surface area contributed by atoms with Crippen LogP contribution >= 0.6 is 23.2 Å². The molecule has 44 heavy (non-hydrogen) atoms. The molecule has 0 aromatic heterocycles. The molecule has 230 valence electrons. The van der Waals surface area contributed by atoms with Crippen molar-refractivity contribution in [3.05, 3.63) is 116 Å². The number of unbranched alkanes of at least 4 members (excludes halogenated alkanes) is 1. The van der Waals surface area contributed by atoms with E-state index in [1.54, 1.807) is 12.1 Å². The molecule has 0 spiro atoms. The van der Waals surface area contributed by atoms with Crippen molar-refractivity contribution < 1.29 is 44.6 Å². The van der Waals surface area contributed by atoms with Crippen LogP contribution in [0, 0.1) is 29.3 Å². The fourth-order valence-corrected chi connectivity index (χ4v) is 4.69. The Labute approximate surface area is 257 Å². The van der Waals surface area contributed by atoms with Crippen molar-refractivity contribution in [1.82, 2.24) is 0 Å². The average Bonchev–Trinajstić information content (AvgIpc) is 2.92. The Balaban J connectivity index is 1.53. The van der Waals surface area contributed by atoms with Crippen molar-refractivity contribution in [1.29, 1.82) is 0 Å². The molecule has 0 amide bonds. The first-order chi connectivity index (χ1) is 20.7. The molecule has 0 aliphatic heterocycles. The van der Waals surface area contributed by atoms with E-state index in [0.29, 0.717) is 23.8 Å². The Morgan fingerprint density at radius 3 is 1.84 bits per heavy atom. The topological polar surface area (TPSA) is 18.5 Å². The molecule has 0 saturated carbocycles. The molecule has 0 N–H and O–H groups in total. The Morgan fingerprint density at radius 2 is 1.30 bits per heavy atom. The standard InChI is InChI=1S/C32H20Cl2F8O2/c1-2-3-4-18-5-7-19(8-6-18)9-10-20-13-27(36)29(28(37)14-20)31(38,39)43-22-11-12-23(26(35)17-22)21-15-24(33)30(25(34)16-21)44-32(40,41)42/h5-8,11-17H,2-4H2,1H3. The van der Waals surface area contributed by atoms with Crippen LogP contribution in [0.4, 0.5) is 35.1 Å². The lowest BCUT2D eigenvalue weighted by Gasteiger charge is -2.20. The van der Waals surface area contributed by atoms with Crippen LogP contribution in [0.2, 0.25) is 10.0 Å². The van der Waals surface area contributed by atoms with Crippen LogP contribution in [0.3, 0.4) is 0 Å². The molecule has 4 aromatic carbocycles. The normalized spacial score (nSPS) is 11.6. The number of halogens is 10. The van der Waals surface area contributed by atoms with Gasteiger partial charge in [0.05, 0.1) is 10.0 Å². The van der Waals surface area contributed by atoms with E-state index in [0.717, 1.165) is 49.1 Å². The zero-order chi connectivity index (χ0) is 32.2. The minimum absolute atomic E-state index is 0.119. The SMILES string of the molecule is CCCCc1ccc(C#Cc2cc(F)c(C(F)(F)Oc3ccc(-c4cc(Cl)c(OC(F)(F)F)c(Cl)c4)c(F)c3)c(F)c2)cc1. The second-order valence-electron chi connectivity index (χ2n) is 9.44. The molecule has 0 aliphatic rings. The Kier molecular flexibility index (Phi) is 10.0. The molecule has 0 unspecified atom stereocenters. The summed E-state index contributed by atoms with van der Waals surface area (Å²) in [5.74, 6) is -0.927. The highest BCUT2D eigenvalue weighted by atomic mass is 35.5. The second-order valence-corrected chi connectivity index (χ2v) is 10.3. The summed E-state index contributed by atoms with van der Waals surface area (Å²) in [6, 6.07) is 12.6. The van der Waals surface area contributed by atoms with Crippen LogP contribution in [0.15, 0.2) is 66.7 Å². The molecule has 12 heteroatoms. The summed E-state index contributed by atoms with van der Waals surface area (Å²) < 4.78 is 120. The highest BCUT2D eigenvalue weighted by Gasteiger charge is 2.41.